The third kappa shape index (κ3) is 5.80. The Balaban J connectivity index is 1.43. The van der Waals surface area contributed by atoms with Crippen molar-refractivity contribution in [2.24, 2.45) is 5.10 Å². The molecule has 166 valence electrons. The summed E-state index contributed by atoms with van der Waals surface area (Å²) in [5, 5.41) is 15.9. The number of aromatic hydroxyl groups is 1. The second-order valence-electron chi connectivity index (χ2n) is 7.14. The third-order valence-corrected chi connectivity index (χ3v) is 6.41. The van der Waals surface area contributed by atoms with Crippen LogP contribution in [0.4, 0.5) is 4.39 Å². The number of phenols is 1. The van der Waals surface area contributed by atoms with E-state index in [-0.39, 0.29) is 17.1 Å². The molecule has 0 unspecified atom stereocenters. The van der Waals surface area contributed by atoms with Gasteiger partial charge in [0.1, 0.15) is 23.9 Å². The largest absolute Gasteiger partial charge is 0.507 e. The number of benzene rings is 4. The molecule has 5 nitrogen and oxygen atoms in total. The number of carbonyl (C=O) groups excluding carboxylic acids is 1. The number of hydrogen-bond donors (Lipinski definition) is 2. The second kappa shape index (κ2) is 10.5. The van der Waals surface area contributed by atoms with Crippen LogP contribution in [-0.2, 0) is 6.61 Å². The fourth-order valence-electron chi connectivity index (χ4n) is 3.16. The molecule has 0 heterocycles. The maximum atomic E-state index is 13.1. The molecule has 4 aromatic rings. The first-order valence-corrected chi connectivity index (χ1v) is 12.0. The highest BCUT2D eigenvalue weighted by molar-refractivity contribution is 14.1. The van der Waals surface area contributed by atoms with Crippen LogP contribution in [0.1, 0.15) is 21.5 Å². The SMILES string of the molecule is O=C(NN=Cc1cc(I)c(OCc2ccc(F)cc2)c(I)c1)c1cc2ccccc2cc1O. The molecule has 8 heteroatoms. The lowest BCUT2D eigenvalue weighted by Gasteiger charge is -2.11. The third-order valence-electron chi connectivity index (χ3n) is 4.81. The van der Waals surface area contributed by atoms with Crippen molar-refractivity contribution in [1.82, 2.24) is 5.43 Å². The molecular formula is C25H17FI2N2O3. The number of phenolic OH excluding ortho intramolecular Hbond substituents is 1. The molecule has 0 bridgehead atoms. The van der Waals surface area contributed by atoms with Crippen LogP contribution in [0.25, 0.3) is 10.8 Å². The summed E-state index contributed by atoms with van der Waals surface area (Å²) >= 11 is 4.35. The van der Waals surface area contributed by atoms with E-state index >= 15 is 0 Å². The van der Waals surface area contributed by atoms with E-state index in [0.29, 0.717) is 6.61 Å². The van der Waals surface area contributed by atoms with Crippen molar-refractivity contribution >= 4 is 68.1 Å². The fourth-order valence-corrected chi connectivity index (χ4v) is 5.29. The van der Waals surface area contributed by atoms with Gasteiger partial charge in [0, 0.05) is 0 Å². The number of fused-ring (bicyclic) bond motifs is 1. The summed E-state index contributed by atoms with van der Waals surface area (Å²) in [5.41, 5.74) is 4.26. The molecule has 0 atom stereocenters. The van der Waals surface area contributed by atoms with Crippen molar-refractivity contribution in [1.29, 1.82) is 0 Å². The maximum absolute atomic E-state index is 13.1. The van der Waals surface area contributed by atoms with Gasteiger partial charge < -0.3 is 9.84 Å². The van der Waals surface area contributed by atoms with Crippen molar-refractivity contribution in [2.75, 3.05) is 0 Å². The first kappa shape index (κ1) is 23.4. The molecule has 0 spiro atoms. The van der Waals surface area contributed by atoms with Crippen LogP contribution in [0.3, 0.4) is 0 Å². The average Bonchev–Trinajstić information content (AvgIpc) is 2.79. The first-order chi connectivity index (χ1) is 15.9. The van der Waals surface area contributed by atoms with Gasteiger partial charge in [-0.2, -0.15) is 5.10 Å². The Hall–Kier alpha value is -2.73. The van der Waals surface area contributed by atoms with Gasteiger partial charge in [0.15, 0.2) is 0 Å². The van der Waals surface area contributed by atoms with Gasteiger partial charge in [-0.15, -0.1) is 0 Å². The Labute approximate surface area is 216 Å². The molecule has 0 saturated heterocycles. The molecule has 0 aliphatic heterocycles. The number of rotatable bonds is 6. The first-order valence-electron chi connectivity index (χ1n) is 9.82. The van der Waals surface area contributed by atoms with Gasteiger partial charge in [-0.3, -0.25) is 4.79 Å². The molecule has 2 N–H and O–H groups in total. The highest BCUT2D eigenvalue weighted by atomic mass is 127. The molecular weight excluding hydrogens is 649 g/mol. The lowest BCUT2D eigenvalue weighted by molar-refractivity contribution is 0.0952. The summed E-state index contributed by atoms with van der Waals surface area (Å²) in [6, 6.07) is 20.6. The van der Waals surface area contributed by atoms with E-state index in [2.05, 4.69) is 55.7 Å². The van der Waals surface area contributed by atoms with Gasteiger partial charge in [0.25, 0.3) is 5.91 Å². The van der Waals surface area contributed by atoms with Crippen LogP contribution in [0, 0.1) is 13.0 Å². The minimum absolute atomic E-state index is 0.104. The molecule has 1 amide bonds. The minimum Gasteiger partial charge on any atom is -0.507 e. The van der Waals surface area contributed by atoms with E-state index < -0.39 is 5.91 Å². The van der Waals surface area contributed by atoms with Gasteiger partial charge in [-0.05, 0) is 103 Å². The number of nitrogens with zero attached hydrogens (tertiary/aromatic N) is 1. The maximum Gasteiger partial charge on any atom is 0.275 e. The summed E-state index contributed by atoms with van der Waals surface area (Å²) in [6.07, 6.45) is 1.53. The van der Waals surface area contributed by atoms with Crippen LogP contribution in [0.5, 0.6) is 11.5 Å². The Morgan fingerprint density at radius 2 is 1.64 bits per heavy atom. The smallest absolute Gasteiger partial charge is 0.275 e. The molecule has 4 aromatic carbocycles. The fraction of sp³-hybridized carbons (Fsp3) is 0.0400. The summed E-state index contributed by atoms with van der Waals surface area (Å²) in [4.78, 5) is 12.5. The molecule has 0 aliphatic carbocycles. The number of hydrogen-bond acceptors (Lipinski definition) is 4. The minimum atomic E-state index is -0.502. The van der Waals surface area contributed by atoms with Crippen molar-refractivity contribution < 1.29 is 19.0 Å². The lowest BCUT2D eigenvalue weighted by atomic mass is 10.1. The normalized spacial score (nSPS) is 11.1. The van der Waals surface area contributed by atoms with E-state index in [0.717, 1.165) is 34.8 Å². The number of hydrazone groups is 1. The highest BCUT2D eigenvalue weighted by Crippen LogP contribution is 2.29. The summed E-state index contributed by atoms with van der Waals surface area (Å²) in [7, 11) is 0. The predicted molar refractivity (Wildman–Crippen MR) is 143 cm³/mol. The average molecular weight is 666 g/mol. The Morgan fingerprint density at radius 3 is 2.30 bits per heavy atom. The predicted octanol–water partition coefficient (Wildman–Crippen LogP) is 6.24. The van der Waals surface area contributed by atoms with Gasteiger partial charge in [-0.1, -0.05) is 36.4 Å². The van der Waals surface area contributed by atoms with E-state index in [9.17, 15) is 14.3 Å². The molecule has 0 aliphatic rings. The van der Waals surface area contributed by atoms with Crippen molar-refractivity contribution in [3.63, 3.8) is 0 Å². The van der Waals surface area contributed by atoms with Crippen LogP contribution < -0.4 is 10.2 Å². The van der Waals surface area contributed by atoms with Gasteiger partial charge in [-0.25, -0.2) is 9.82 Å². The topological polar surface area (TPSA) is 70.9 Å². The molecule has 0 saturated carbocycles. The number of carbonyl (C=O) groups is 1. The number of halogens is 3. The number of nitrogens with one attached hydrogen (secondary N) is 1. The van der Waals surface area contributed by atoms with Crippen LogP contribution in [0.15, 0.2) is 77.9 Å². The quantitative estimate of drug-likeness (QED) is 0.146. The second-order valence-corrected chi connectivity index (χ2v) is 9.47. The Kier molecular flexibility index (Phi) is 7.43. The van der Waals surface area contributed by atoms with E-state index in [1.165, 1.54) is 18.3 Å². The van der Waals surface area contributed by atoms with Crippen LogP contribution in [-0.4, -0.2) is 17.2 Å². The van der Waals surface area contributed by atoms with Crippen LogP contribution >= 0.6 is 45.2 Å². The molecule has 4 rings (SSSR count). The van der Waals surface area contributed by atoms with Crippen molar-refractivity contribution in [3.05, 3.63) is 102 Å². The Bertz CT molecular complexity index is 1330. The van der Waals surface area contributed by atoms with Crippen molar-refractivity contribution in [2.45, 2.75) is 6.61 Å². The van der Waals surface area contributed by atoms with Crippen LogP contribution in [0.2, 0.25) is 0 Å². The summed E-state index contributed by atoms with van der Waals surface area (Å²) in [5.74, 6) is -0.163. The van der Waals surface area contributed by atoms with Gasteiger partial charge >= 0.3 is 0 Å². The zero-order chi connectivity index (χ0) is 23.4. The van der Waals surface area contributed by atoms with Gasteiger partial charge in [0.05, 0.1) is 18.9 Å². The molecule has 0 fully saturated rings. The number of amides is 1. The zero-order valence-electron chi connectivity index (χ0n) is 17.1. The van der Waals surface area contributed by atoms with E-state index in [1.807, 2.05) is 36.4 Å². The van der Waals surface area contributed by atoms with Gasteiger partial charge in [0.2, 0.25) is 0 Å². The zero-order valence-corrected chi connectivity index (χ0v) is 21.4. The molecule has 0 aromatic heterocycles. The molecule has 33 heavy (non-hydrogen) atoms. The lowest BCUT2D eigenvalue weighted by Crippen LogP contribution is -2.17. The van der Waals surface area contributed by atoms with Crippen molar-refractivity contribution in [3.8, 4) is 11.5 Å². The molecule has 0 radical (unpaired) electrons. The number of ether oxygens (including phenoxy) is 1. The highest BCUT2D eigenvalue weighted by Gasteiger charge is 2.12. The summed E-state index contributed by atoms with van der Waals surface area (Å²) < 4.78 is 20.7. The monoisotopic (exact) mass is 666 g/mol. The standard InChI is InChI=1S/C25H17FI2N2O3/c26-19-7-5-15(6-8-19)14-33-24-21(27)9-16(10-22(24)28)13-29-30-25(32)20-11-17-3-1-2-4-18(17)12-23(20)31/h1-13,31H,14H2,(H,30,32). The van der Waals surface area contributed by atoms with E-state index in [1.54, 1.807) is 24.3 Å². The Morgan fingerprint density at radius 1 is 1.00 bits per heavy atom. The summed E-state index contributed by atoms with van der Waals surface area (Å²) in [6.45, 7) is 0.324. The van der Waals surface area contributed by atoms with E-state index in [4.69, 9.17) is 4.74 Å².